The van der Waals surface area contributed by atoms with Crippen LogP contribution < -0.4 is 5.32 Å². The zero-order chi connectivity index (χ0) is 20.6. The topological polar surface area (TPSA) is 70.7 Å². The number of carbonyl (C=O) groups is 1. The summed E-state index contributed by atoms with van der Waals surface area (Å²) in [5, 5.41) is 2.61. The van der Waals surface area contributed by atoms with Crippen molar-refractivity contribution in [3.63, 3.8) is 0 Å². The van der Waals surface area contributed by atoms with Crippen LogP contribution in [0.15, 0.2) is 60.8 Å². The highest BCUT2D eigenvalue weighted by Gasteiger charge is 2.34. The third-order valence-corrected chi connectivity index (χ3v) is 4.44. The maximum absolute atomic E-state index is 13.4. The molecule has 0 aliphatic carbocycles. The molecule has 2 heterocycles. The van der Waals surface area contributed by atoms with E-state index in [2.05, 4.69) is 20.3 Å². The molecule has 29 heavy (non-hydrogen) atoms. The molecule has 5 nitrogen and oxygen atoms in total. The van der Waals surface area contributed by atoms with Crippen molar-refractivity contribution in [3.05, 3.63) is 76.9 Å². The number of benzene rings is 2. The van der Waals surface area contributed by atoms with E-state index in [1.54, 1.807) is 30.3 Å². The minimum absolute atomic E-state index is 0.0120. The van der Waals surface area contributed by atoms with Gasteiger partial charge in [-0.1, -0.05) is 23.7 Å². The molecule has 0 saturated heterocycles. The molecule has 4 aromatic rings. The minimum atomic E-state index is -4.61. The number of hydrogen-bond donors (Lipinski definition) is 2. The number of aromatic amines is 1. The van der Waals surface area contributed by atoms with Crippen LogP contribution in [0, 0.1) is 0 Å². The predicted molar refractivity (Wildman–Crippen MR) is 104 cm³/mol. The molecule has 9 heteroatoms. The maximum atomic E-state index is 13.4. The van der Waals surface area contributed by atoms with Gasteiger partial charge in [-0.05, 0) is 42.5 Å². The number of halogens is 4. The number of para-hydroxylation sites is 1. The normalized spacial score (nSPS) is 11.6. The number of imidazole rings is 1. The SMILES string of the molecule is O=C(Nc1ccccn1)c1cccc2[nH]c(-c3ccc(Cl)cc3C(F)(F)F)nc12. The van der Waals surface area contributed by atoms with E-state index in [1.165, 1.54) is 24.4 Å². The van der Waals surface area contributed by atoms with Crippen LogP contribution in [-0.2, 0) is 6.18 Å². The molecule has 4 rings (SSSR count). The number of nitrogens with one attached hydrogen (secondary N) is 2. The Balaban J connectivity index is 1.79. The Kier molecular flexibility index (Phi) is 4.71. The van der Waals surface area contributed by atoms with E-state index in [0.717, 1.165) is 6.07 Å². The fourth-order valence-corrected chi connectivity index (χ4v) is 3.09. The molecular formula is C20H12ClF3N4O. The van der Waals surface area contributed by atoms with Crippen molar-refractivity contribution in [2.24, 2.45) is 0 Å². The summed E-state index contributed by atoms with van der Waals surface area (Å²) in [6.45, 7) is 0. The Morgan fingerprint density at radius 1 is 1.07 bits per heavy atom. The lowest BCUT2D eigenvalue weighted by molar-refractivity contribution is -0.137. The first kappa shape index (κ1) is 18.9. The van der Waals surface area contributed by atoms with Gasteiger partial charge in [0.2, 0.25) is 0 Å². The minimum Gasteiger partial charge on any atom is -0.338 e. The number of amides is 1. The summed E-state index contributed by atoms with van der Waals surface area (Å²) in [5.74, 6) is -0.135. The van der Waals surface area contributed by atoms with Crippen molar-refractivity contribution in [3.8, 4) is 11.4 Å². The van der Waals surface area contributed by atoms with Crippen LogP contribution in [0.25, 0.3) is 22.4 Å². The van der Waals surface area contributed by atoms with Gasteiger partial charge in [0.05, 0.1) is 16.6 Å². The first-order valence-electron chi connectivity index (χ1n) is 8.41. The average molecular weight is 417 g/mol. The highest BCUT2D eigenvalue weighted by Crippen LogP contribution is 2.38. The van der Waals surface area contributed by atoms with E-state index in [4.69, 9.17) is 11.6 Å². The summed E-state index contributed by atoms with van der Waals surface area (Å²) in [7, 11) is 0. The van der Waals surface area contributed by atoms with E-state index >= 15 is 0 Å². The molecule has 1 amide bonds. The third kappa shape index (κ3) is 3.79. The molecule has 0 aliphatic heterocycles. The lowest BCUT2D eigenvalue weighted by atomic mass is 10.1. The van der Waals surface area contributed by atoms with Gasteiger partial charge < -0.3 is 10.3 Å². The number of anilines is 1. The fraction of sp³-hybridized carbons (Fsp3) is 0.0500. The quantitative estimate of drug-likeness (QED) is 0.460. The highest BCUT2D eigenvalue weighted by atomic mass is 35.5. The number of carbonyl (C=O) groups excluding carboxylic acids is 1. The van der Waals surface area contributed by atoms with E-state index in [-0.39, 0.29) is 27.5 Å². The Morgan fingerprint density at radius 2 is 1.90 bits per heavy atom. The lowest BCUT2D eigenvalue weighted by Gasteiger charge is -2.11. The summed E-state index contributed by atoms with van der Waals surface area (Å²) in [4.78, 5) is 23.8. The molecule has 0 radical (unpaired) electrons. The molecule has 0 unspecified atom stereocenters. The van der Waals surface area contributed by atoms with E-state index in [9.17, 15) is 18.0 Å². The second-order valence-corrected chi connectivity index (χ2v) is 6.58. The smallest absolute Gasteiger partial charge is 0.338 e. The molecule has 0 spiro atoms. The number of fused-ring (bicyclic) bond motifs is 1. The molecular weight excluding hydrogens is 405 g/mol. The van der Waals surface area contributed by atoms with Gasteiger partial charge in [0, 0.05) is 16.8 Å². The van der Waals surface area contributed by atoms with Crippen LogP contribution in [-0.4, -0.2) is 20.9 Å². The second-order valence-electron chi connectivity index (χ2n) is 6.14. The number of nitrogens with zero attached hydrogens (tertiary/aromatic N) is 2. The predicted octanol–water partition coefficient (Wildman–Crippen LogP) is 5.55. The van der Waals surface area contributed by atoms with Crippen LogP contribution in [0.5, 0.6) is 0 Å². The number of rotatable bonds is 3. The van der Waals surface area contributed by atoms with Gasteiger partial charge in [0.15, 0.2) is 0 Å². The van der Waals surface area contributed by atoms with E-state index < -0.39 is 17.6 Å². The van der Waals surface area contributed by atoms with Gasteiger partial charge in [0.1, 0.15) is 17.2 Å². The largest absolute Gasteiger partial charge is 0.417 e. The van der Waals surface area contributed by atoms with Gasteiger partial charge in [-0.25, -0.2) is 9.97 Å². The Bertz CT molecular complexity index is 1210. The lowest BCUT2D eigenvalue weighted by Crippen LogP contribution is -2.13. The van der Waals surface area contributed by atoms with Gasteiger partial charge in [-0.3, -0.25) is 4.79 Å². The molecule has 2 aromatic heterocycles. The Hall–Kier alpha value is -3.39. The zero-order valence-electron chi connectivity index (χ0n) is 14.6. The number of alkyl halides is 3. The second kappa shape index (κ2) is 7.21. The maximum Gasteiger partial charge on any atom is 0.417 e. The number of hydrogen-bond acceptors (Lipinski definition) is 3. The molecule has 0 atom stereocenters. The first-order valence-corrected chi connectivity index (χ1v) is 8.79. The standard InChI is InChI=1S/C20H12ClF3N4O/c21-11-7-8-12(14(10-11)20(22,23)24)18-26-15-5-3-4-13(17(15)28-18)19(29)27-16-6-1-2-9-25-16/h1-10H,(H,26,28)(H,25,27,29). The number of pyridine rings is 1. The number of H-pyrrole nitrogens is 1. The van der Waals surface area contributed by atoms with Crippen molar-refractivity contribution < 1.29 is 18.0 Å². The van der Waals surface area contributed by atoms with Crippen molar-refractivity contribution in [1.29, 1.82) is 0 Å². The van der Waals surface area contributed by atoms with E-state index in [1.807, 2.05) is 0 Å². The summed E-state index contributed by atoms with van der Waals surface area (Å²) < 4.78 is 40.3. The third-order valence-electron chi connectivity index (χ3n) is 4.21. The molecule has 0 aliphatic rings. The van der Waals surface area contributed by atoms with Crippen LogP contribution in [0.1, 0.15) is 15.9 Å². The average Bonchev–Trinajstić information content (AvgIpc) is 3.12. The summed E-state index contributed by atoms with van der Waals surface area (Å²) in [5.41, 5.74) is -0.188. The summed E-state index contributed by atoms with van der Waals surface area (Å²) in [6, 6.07) is 13.3. The fourth-order valence-electron chi connectivity index (χ4n) is 2.92. The van der Waals surface area contributed by atoms with Crippen LogP contribution in [0.4, 0.5) is 19.0 Å². The van der Waals surface area contributed by atoms with Gasteiger partial charge in [0.25, 0.3) is 5.91 Å². The first-order chi connectivity index (χ1) is 13.8. The molecule has 0 bridgehead atoms. The summed E-state index contributed by atoms with van der Waals surface area (Å²) in [6.07, 6.45) is -3.08. The van der Waals surface area contributed by atoms with Crippen LogP contribution in [0.3, 0.4) is 0 Å². The number of aromatic nitrogens is 3. The van der Waals surface area contributed by atoms with Gasteiger partial charge in [-0.15, -0.1) is 0 Å². The summed E-state index contributed by atoms with van der Waals surface area (Å²) >= 11 is 5.74. The monoisotopic (exact) mass is 416 g/mol. The molecule has 0 fully saturated rings. The Morgan fingerprint density at radius 3 is 2.62 bits per heavy atom. The van der Waals surface area contributed by atoms with E-state index in [0.29, 0.717) is 11.3 Å². The van der Waals surface area contributed by atoms with Crippen molar-refractivity contribution in [2.75, 3.05) is 5.32 Å². The van der Waals surface area contributed by atoms with Crippen molar-refractivity contribution in [1.82, 2.24) is 15.0 Å². The zero-order valence-corrected chi connectivity index (χ0v) is 15.3. The van der Waals surface area contributed by atoms with Crippen molar-refractivity contribution >= 4 is 34.4 Å². The molecule has 146 valence electrons. The Labute approximate surface area is 167 Å². The molecule has 2 N–H and O–H groups in total. The highest BCUT2D eigenvalue weighted by molar-refractivity contribution is 6.30. The van der Waals surface area contributed by atoms with Gasteiger partial charge >= 0.3 is 6.18 Å². The van der Waals surface area contributed by atoms with Gasteiger partial charge in [-0.2, -0.15) is 13.2 Å². The molecule has 2 aromatic carbocycles. The van der Waals surface area contributed by atoms with Crippen LogP contribution in [0.2, 0.25) is 5.02 Å². The van der Waals surface area contributed by atoms with Crippen molar-refractivity contribution in [2.45, 2.75) is 6.18 Å². The van der Waals surface area contributed by atoms with Crippen LogP contribution >= 0.6 is 11.6 Å². The molecule has 0 saturated carbocycles.